The van der Waals surface area contributed by atoms with Crippen LogP contribution in [0.1, 0.15) is 20.3 Å². The molecule has 74 valence electrons. The average molecular weight is 191 g/mol. The maximum atomic E-state index is 10.0. The largest absolute Gasteiger partial charge is 0.491 e. The molecule has 0 aliphatic heterocycles. The third-order valence-corrected chi connectivity index (χ3v) is 1.90. The van der Waals surface area contributed by atoms with Crippen molar-refractivity contribution in [1.82, 2.24) is 0 Å². The van der Waals surface area contributed by atoms with Gasteiger partial charge in [0.25, 0.3) is 0 Å². The number of hydrogen-bond donors (Lipinski definition) is 0. The van der Waals surface area contributed by atoms with Crippen LogP contribution >= 0.6 is 0 Å². The number of ether oxygens (including phenoxy) is 1. The summed E-state index contributed by atoms with van der Waals surface area (Å²) < 4.78 is 5.56. The zero-order valence-electron chi connectivity index (χ0n) is 8.36. The Morgan fingerprint density at radius 3 is 3.00 bits per heavy atom. The Balaban J connectivity index is 2.77. The van der Waals surface area contributed by atoms with Gasteiger partial charge in [0.05, 0.1) is 11.8 Å². The van der Waals surface area contributed by atoms with Crippen LogP contribution in [0.5, 0.6) is 5.75 Å². The summed E-state index contributed by atoms with van der Waals surface area (Å²) in [7, 11) is 0. The Labute approximate surface area is 83.4 Å². The number of aliphatic imine (C=N–C) groups is 1. The maximum absolute atomic E-state index is 10.0. The molecule has 3 nitrogen and oxygen atoms in total. The van der Waals surface area contributed by atoms with E-state index in [-0.39, 0.29) is 6.10 Å². The standard InChI is InChI=1S/C11H13NO2/c1-3-9(2)14-11-6-4-5-10(7-11)12-8-13/h4-7,9H,3H2,1-2H3/t9-/m0/s1. The summed E-state index contributed by atoms with van der Waals surface area (Å²) >= 11 is 0. The molecule has 1 rings (SSSR count). The monoisotopic (exact) mass is 191 g/mol. The minimum atomic E-state index is 0.172. The number of hydrogen-bond acceptors (Lipinski definition) is 3. The van der Waals surface area contributed by atoms with Crippen molar-refractivity contribution in [3.05, 3.63) is 24.3 Å². The van der Waals surface area contributed by atoms with Crippen molar-refractivity contribution in [3.63, 3.8) is 0 Å². The zero-order valence-corrected chi connectivity index (χ0v) is 8.36. The Kier molecular flexibility index (Phi) is 3.89. The Morgan fingerprint density at radius 2 is 2.36 bits per heavy atom. The van der Waals surface area contributed by atoms with Crippen LogP contribution in [0.15, 0.2) is 29.3 Å². The molecule has 3 heteroatoms. The molecule has 0 heterocycles. The molecule has 0 spiro atoms. The normalized spacial score (nSPS) is 11.6. The van der Waals surface area contributed by atoms with Gasteiger partial charge in [0, 0.05) is 6.07 Å². The first-order valence-corrected chi connectivity index (χ1v) is 4.61. The summed E-state index contributed by atoms with van der Waals surface area (Å²) in [6.45, 7) is 4.05. The number of benzene rings is 1. The predicted molar refractivity (Wildman–Crippen MR) is 54.6 cm³/mol. The molecule has 0 bridgehead atoms. The lowest BCUT2D eigenvalue weighted by Gasteiger charge is -2.12. The molecule has 0 saturated carbocycles. The highest BCUT2D eigenvalue weighted by atomic mass is 16.5. The quantitative estimate of drug-likeness (QED) is 0.542. The molecule has 0 saturated heterocycles. The highest BCUT2D eigenvalue weighted by Crippen LogP contribution is 2.20. The van der Waals surface area contributed by atoms with Crippen molar-refractivity contribution in [1.29, 1.82) is 0 Å². The Hall–Kier alpha value is -1.60. The van der Waals surface area contributed by atoms with Gasteiger partial charge in [0.15, 0.2) is 0 Å². The molecule has 0 radical (unpaired) electrons. The minimum absolute atomic E-state index is 0.172. The molecule has 1 aromatic rings. The van der Waals surface area contributed by atoms with E-state index in [4.69, 9.17) is 4.74 Å². The van der Waals surface area contributed by atoms with Crippen molar-refractivity contribution >= 4 is 11.8 Å². The molecule has 0 aliphatic carbocycles. The summed E-state index contributed by atoms with van der Waals surface area (Å²) in [5.41, 5.74) is 0.570. The van der Waals surface area contributed by atoms with Crippen molar-refractivity contribution < 1.29 is 9.53 Å². The number of carbonyl (C=O) groups excluding carboxylic acids is 1. The van der Waals surface area contributed by atoms with Crippen LogP contribution in [0, 0.1) is 0 Å². The summed E-state index contributed by atoms with van der Waals surface area (Å²) in [6, 6.07) is 7.09. The van der Waals surface area contributed by atoms with E-state index in [1.165, 1.54) is 6.08 Å². The Morgan fingerprint density at radius 1 is 1.57 bits per heavy atom. The van der Waals surface area contributed by atoms with Crippen molar-refractivity contribution in [2.24, 2.45) is 4.99 Å². The fourth-order valence-electron chi connectivity index (χ4n) is 0.995. The van der Waals surface area contributed by atoms with Crippen LogP contribution in [-0.4, -0.2) is 12.2 Å². The van der Waals surface area contributed by atoms with Gasteiger partial charge in [-0.3, -0.25) is 0 Å². The van der Waals surface area contributed by atoms with Gasteiger partial charge in [-0.25, -0.2) is 4.79 Å². The van der Waals surface area contributed by atoms with Crippen LogP contribution in [0.2, 0.25) is 0 Å². The summed E-state index contributed by atoms with van der Waals surface area (Å²) in [5.74, 6) is 0.732. The van der Waals surface area contributed by atoms with Gasteiger partial charge >= 0.3 is 0 Å². The lowest BCUT2D eigenvalue weighted by molar-refractivity contribution is 0.217. The molecule has 0 aromatic heterocycles. The lowest BCUT2D eigenvalue weighted by Crippen LogP contribution is -2.09. The van der Waals surface area contributed by atoms with E-state index in [2.05, 4.69) is 11.9 Å². The first-order chi connectivity index (χ1) is 6.76. The van der Waals surface area contributed by atoms with Gasteiger partial charge in [-0.2, -0.15) is 4.99 Å². The maximum Gasteiger partial charge on any atom is 0.240 e. The summed E-state index contributed by atoms with van der Waals surface area (Å²) in [5, 5.41) is 0. The van der Waals surface area contributed by atoms with E-state index in [9.17, 15) is 4.79 Å². The molecule has 14 heavy (non-hydrogen) atoms. The van der Waals surface area contributed by atoms with E-state index >= 15 is 0 Å². The van der Waals surface area contributed by atoms with Crippen molar-refractivity contribution in [2.45, 2.75) is 26.4 Å². The van der Waals surface area contributed by atoms with E-state index in [0.29, 0.717) is 5.69 Å². The van der Waals surface area contributed by atoms with E-state index in [0.717, 1.165) is 12.2 Å². The fourth-order valence-corrected chi connectivity index (χ4v) is 0.995. The topological polar surface area (TPSA) is 38.7 Å². The predicted octanol–water partition coefficient (Wildman–Crippen LogP) is 2.83. The van der Waals surface area contributed by atoms with Gasteiger partial charge in [-0.15, -0.1) is 0 Å². The number of isocyanates is 1. The zero-order chi connectivity index (χ0) is 10.4. The van der Waals surface area contributed by atoms with E-state index in [1.807, 2.05) is 13.0 Å². The second-order valence-corrected chi connectivity index (χ2v) is 3.04. The molecule has 1 aromatic carbocycles. The molecule has 0 amide bonds. The highest BCUT2D eigenvalue weighted by Gasteiger charge is 2.00. The van der Waals surface area contributed by atoms with Gasteiger partial charge in [-0.05, 0) is 25.5 Å². The third kappa shape index (κ3) is 3.04. The van der Waals surface area contributed by atoms with Gasteiger partial charge in [-0.1, -0.05) is 13.0 Å². The van der Waals surface area contributed by atoms with Crippen molar-refractivity contribution in [3.8, 4) is 5.75 Å². The van der Waals surface area contributed by atoms with Crippen LogP contribution in [0.3, 0.4) is 0 Å². The minimum Gasteiger partial charge on any atom is -0.491 e. The lowest BCUT2D eigenvalue weighted by atomic mass is 10.3. The average Bonchev–Trinajstić information content (AvgIpc) is 2.19. The van der Waals surface area contributed by atoms with Gasteiger partial charge in [0.2, 0.25) is 6.08 Å². The molecule has 1 atom stereocenters. The van der Waals surface area contributed by atoms with Crippen LogP contribution in [0.25, 0.3) is 0 Å². The molecular weight excluding hydrogens is 178 g/mol. The van der Waals surface area contributed by atoms with Gasteiger partial charge in [0.1, 0.15) is 5.75 Å². The molecular formula is C11H13NO2. The molecule has 0 N–H and O–H groups in total. The molecule has 0 unspecified atom stereocenters. The summed E-state index contributed by atoms with van der Waals surface area (Å²) in [4.78, 5) is 13.5. The van der Waals surface area contributed by atoms with Crippen LogP contribution < -0.4 is 4.74 Å². The number of rotatable bonds is 4. The van der Waals surface area contributed by atoms with E-state index in [1.54, 1.807) is 18.2 Å². The first kappa shape index (κ1) is 10.5. The van der Waals surface area contributed by atoms with Crippen LogP contribution in [0.4, 0.5) is 5.69 Å². The SMILES string of the molecule is CC[C@H](C)Oc1cccc(N=C=O)c1. The van der Waals surface area contributed by atoms with E-state index < -0.39 is 0 Å². The van der Waals surface area contributed by atoms with Crippen molar-refractivity contribution in [2.75, 3.05) is 0 Å². The highest BCUT2D eigenvalue weighted by molar-refractivity contribution is 5.51. The summed E-state index contributed by atoms with van der Waals surface area (Å²) in [6.07, 6.45) is 2.62. The second kappa shape index (κ2) is 5.20. The molecule has 0 aliphatic rings. The van der Waals surface area contributed by atoms with Crippen LogP contribution in [-0.2, 0) is 4.79 Å². The number of nitrogens with zero attached hydrogens (tertiary/aromatic N) is 1. The fraction of sp³-hybridized carbons (Fsp3) is 0.364. The molecule has 0 fully saturated rings. The van der Waals surface area contributed by atoms with Gasteiger partial charge < -0.3 is 4.74 Å². The first-order valence-electron chi connectivity index (χ1n) is 4.61. The second-order valence-electron chi connectivity index (χ2n) is 3.04. The Bertz CT molecular complexity index is 343. The smallest absolute Gasteiger partial charge is 0.240 e. The third-order valence-electron chi connectivity index (χ3n) is 1.90.